The molecule has 0 aliphatic rings. The Labute approximate surface area is 146 Å². The highest BCUT2D eigenvalue weighted by atomic mass is 19.1. The Hall–Kier alpha value is -2.68. The standard InChI is InChI=1S/C22H20F2O/c1-2-15-10-12-19(20-7-4-8-21(24)22(20)25)17(13-15)11-9-16-5-3-6-18(23)14-16/h3-8,10,12-14,25H,2,9,11H2,1H3. The van der Waals surface area contributed by atoms with Crippen molar-refractivity contribution in [1.82, 2.24) is 0 Å². The molecular formula is C22H20F2O. The van der Waals surface area contributed by atoms with Gasteiger partial charge in [-0.05, 0) is 59.7 Å². The lowest BCUT2D eigenvalue weighted by molar-refractivity contribution is 0.434. The fraction of sp³-hybridized carbons (Fsp3) is 0.182. The number of aryl methyl sites for hydroxylation is 3. The van der Waals surface area contributed by atoms with E-state index in [1.54, 1.807) is 18.2 Å². The van der Waals surface area contributed by atoms with E-state index in [1.807, 2.05) is 18.2 Å². The van der Waals surface area contributed by atoms with Crippen molar-refractivity contribution < 1.29 is 13.9 Å². The van der Waals surface area contributed by atoms with Crippen LogP contribution in [0.5, 0.6) is 5.75 Å². The number of benzene rings is 3. The van der Waals surface area contributed by atoms with Gasteiger partial charge in [0.05, 0.1) is 0 Å². The number of hydrogen-bond acceptors (Lipinski definition) is 1. The van der Waals surface area contributed by atoms with E-state index >= 15 is 0 Å². The van der Waals surface area contributed by atoms with Crippen LogP contribution < -0.4 is 0 Å². The molecule has 0 amide bonds. The van der Waals surface area contributed by atoms with E-state index in [0.717, 1.165) is 23.1 Å². The first kappa shape index (κ1) is 17.2. The summed E-state index contributed by atoms with van der Waals surface area (Å²) in [5, 5.41) is 10.1. The monoisotopic (exact) mass is 338 g/mol. The molecule has 0 saturated carbocycles. The van der Waals surface area contributed by atoms with Crippen molar-refractivity contribution in [2.24, 2.45) is 0 Å². The van der Waals surface area contributed by atoms with Crippen LogP contribution in [0.1, 0.15) is 23.6 Å². The normalized spacial score (nSPS) is 10.8. The summed E-state index contributed by atoms with van der Waals surface area (Å²) in [6, 6.07) is 17.1. The molecule has 0 aromatic heterocycles. The summed E-state index contributed by atoms with van der Waals surface area (Å²) in [5.74, 6) is -1.21. The third-order valence-corrected chi connectivity index (χ3v) is 4.43. The Morgan fingerprint density at radius 1 is 0.800 bits per heavy atom. The van der Waals surface area contributed by atoms with Gasteiger partial charge in [0.2, 0.25) is 0 Å². The van der Waals surface area contributed by atoms with E-state index < -0.39 is 5.82 Å². The molecule has 1 nitrogen and oxygen atoms in total. The van der Waals surface area contributed by atoms with E-state index in [4.69, 9.17) is 0 Å². The highest BCUT2D eigenvalue weighted by Crippen LogP contribution is 2.34. The molecule has 0 bridgehead atoms. The van der Waals surface area contributed by atoms with Gasteiger partial charge < -0.3 is 5.11 Å². The molecule has 0 saturated heterocycles. The zero-order valence-corrected chi connectivity index (χ0v) is 14.1. The molecule has 3 heteroatoms. The second-order valence-corrected chi connectivity index (χ2v) is 6.11. The number of hydrogen-bond donors (Lipinski definition) is 1. The minimum absolute atomic E-state index is 0.247. The molecular weight excluding hydrogens is 318 g/mol. The van der Waals surface area contributed by atoms with E-state index in [1.165, 1.54) is 23.8 Å². The summed E-state index contributed by atoms with van der Waals surface area (Å²) >= 11 is 0. The minimum Gasteiger partial charge on any atom is -0.504 e. The van der Waals surface area contributed by atoms with Crippen LogP contribution in [0.4, 0.5) is 8.78 Å². The van der Waals surface area contributed by atoms with Crippen molar-refractivity contribution >= 4 is 0 Å². The summed E-state index contributed by atoms with van der Waals surface area (Å²) < 4.78 is 27.1. The van der Waals surface area contributed by atoms with Crippen LogP contribution in [0, 0.1) is 11.6 Å². The zero-order chi connectivity index (χ0) is 17.8. The summed E-state index contributed by atoms with van der Waals surface area (Å²) in [6.45, 7) is 2.07. The van der Waals surface area contributed by atoms with Crippen molar-refractivity contribution in [3.8, 4) is 16.9 Å². The fourth-order valence-corrected chi connectivity index (χ4v) is 3.04. The molecule has 25 heavy (non-hydrogen) atoms. The summed E-state index contributed by atoms with van der Waals surface area (Å²) in [6.07, 6.45) is 2.25. The van der Waals surface area contributed by atoms with E-state index in [-0.39, 0.29) is 11.6 Å². The van der Waals surface area contributed by atoms with Gasteiger partial charge in [0.1, 0.15) is 5.82 Å². The molecule has 0 aliphatic carbocycles. The topological polar surface area (TPSA) is 20.2 Å². The van der Waals surface area contributed by atoms with Crippen LogP contribution in [-0.4, -0.2) is 5.11 Å². The SMILES string of the molecule is CCc1ccc(-c2cccc(F)c2O)c(CCc2cccc(F)c2)c1. The number of phenolic OH excluding ortho intramolecular Hbond substituents is 1. The second kappa shape index (κ2) is 7.47. The van der Waals surface area contributed by atoms with Gasteiger partial charge in [-0.15, -0.1) is 0 Å². The molecule has 1 N–H and O–H groups in total. The lowest BCUT2D eigenvalue weighted by atomic mass is 9.92. The molecule has 3 rings (SSSR count). The zero-order valence-electron chi connectivity index (χ0n) is 14.1. The highest BCUT2D eigenvalue weighted by Gasteiger charge is 2.13. The predicted molar refractivity (Wildman–Crippen MR) is 96.7 cm³/mol. The van der Waals surface area contributed by atoms with Crippen LogP contribution >= 0.6 is 0 Å². The highest BCUT2D eigenvalue weighted by molar-refractivity contribution is 5.73. The Balaban J connectivity index is 1.97. The van der Waals surface area contributed by atoms with Crippen LogP contribution in [0.3, 0.4) is 0 Å². The first-order valence-electron chi connectivity index (χ1n) is 8.42. The van der Waals surface area contributed by atoms with Crippen molar-refractivity contribution in [2.75, 3.05) is 0 Å². The van der Waals surface area contributed by atoms with E-state index in [2.05, 4.69) is 13.0 Å². The Morgan fingerprint density at radius 2 is 1.60 bits per heavy atom. The van der Waals surface area contributed by atoms with Crippen LogP contribution in [0.25, 0.3) is 11.1 Å². The molecule has 3 aromatic carbocycles. The quantitative estimate of drug-likeness (QED) is 0.634. The van der Waals surface area contributed by atoms with Gasteiger partial charge in [-0.25, -0.2) is 8.78 Å². The second-order valence-electron chi connectivity index (χ2n) is 6.11. The molecule has 0 heterocycles. The van der Waals surface area contributed by atoms with Crippen molar-refractivity contribution in [3.63, 3.8) is 0 Å². The van der Waals surface area contributed by atoms with Crippen LogP contribution in [-0.2, 0) is 19.3 Å². The lowest BCUT2D eigenvalue weighted by Crippen LogP contribution is -1.97. The van der Waals surface area contributed by atoms with Gasteiger partial charge in [0.15, 0.2) is 11.6 Å². The van der Waals surface area contributed by atoms with Gasteiger partial charge in [0, 0.05) is 5.56 Å². The predicted octanol–water partition coefficient (Wildman–Crippen LogP) is 5.69. The molecule has 0 aliphatic heterocycles. The molecule has 3 aromatic rings. The molecule has 0 unspecified atom stereocenters. The average molecular weight is 338 g/mol. The van der Waals surface area contributed by atoms with Crippen molar-refractivity contribution in [3.05, 3.63) is 89.0 Å². The van der Waals surface area contributed by atoms with Gasteiger partial charge in [0.25, 0.3) is 0 Å². The molecule has 0 fully saturated rings. The number of phenols is 1. The summed E-state index contributed by atoms with van der Waals surface area (Å²) in [5.41, 5.74) is 4.40. The van der Waals surface area contributed by atoms with Gasteiger partial charge in [-0.3, -0.25) is 0 Å². The average Bonchev–Trinajstić information content (AvgIpc) is 2.62. The molecule has 128 valence electrons. The molecule has 0 atom stereocenters. The Morgan fingerprint density at radius 3 is 2.36 bits per heavy atom. The third-order valence-electron chi connectivity index (χ3n) is 4.43. The smallest absolute Gasteiger partial charge is 0.165 e. The summed E-state index contributed by atoms with van der Waals surface area (Å²) in [7, 11) is 0. The van der Waals surface area contributed by atoms with Gasteiger partial charge in [-0.2, -0.15) is 0 Å². The van der Waals surface area contributed by atoms with Crippen molar-refractivity contribution in [1.29, 1.82) is 0 Å². The largest absolute Gasteiger partial charge is 0.504 e. The van der Waals surface area contributed by atoms with Crippen LogP contribution in [0.15, 0.2) is 60.7 Å². The lowest BCUT2D eigenvalue weighted by Gasteiger charge is -2.13. The molecule has 0 radical (unpaired) electrons. The number of aromatic hydroxyl groups is 1. The first-order chi connectivity index (χ1) is 12.1. The maximum absolute atomic E-state index is 13.7. The maximum Gasteiger partial charge on any atom is 0.165 e. The van der Waals surface area contributed by atoms with E-state index in [0.29, 0.717) is 18.4 Å². The van der Waals surface area contributed by atoms with Crippen LogP contribution in [0.2, 0.25) is 0 Å². The maximum atomic E-state index is 13.7. The Bertz CT molecular complexity index is 887. The van der Waals surface area contributed by atoms with Crippen molar-refractivity contribution in [2.45, 2.75) is 26.2 Å². The number of halogens is 2. The molecule has 0 spiro atoms. The van der Waals surface area contributed by atoms with Gasteiger partial charge >= 0.3 is 0 Å². The number of rotatable bonds is 5. The Kier molecular flexibility index (Phi) is 5.13. The van der Waals surface area contributed by atoms with Gasteiger partial charge in [-0.1, -0.05) is 49.4 Å². The minimum atomic E-state index is -0.631. The first-order valence-corrected chi connectivity index (χ1v) is 8.42. The number of para-hydroxylation sites is 1. The third kappa shape index (κ3) is 3.87. The fourth-order valence-electron chi connectivity index (χ4n) is 3.04. The summed E-state index contributed by atoms with van der Waals surface area (Å²) in [4.78, 5) is 0. The van der Waals surface area contributed by atoms with E-state index in [9.17, 15) is 13.9 Å².